The molecule has 3 heteroatoms. The second-order valence-corrected chi connectivity index (χ2v) is 4.24. The van der Waals surface area contributed by atoms with E-state index in [1.165, 1.54) is 12.8 Å². The van der Waals surface area contributed by atoms with Crippen molar-refractivity contribution >= 4 is 11.5 Å². The third-order valence-electron chi connectivity index (χ3n) is 2.72. The van der Waals surface area contributed by atoms with E-state index in [0.29, 0.717) is 18.6 Å². The Morgan fingerprint density at radius 3 is 2.06 bits per heavy atom. The second-order valence-electron chi connectivity index (χ2n) is 4.24. The highest BCUT2D eigenvalue weighted by Crippen LogP contribution is 2.06. The number of carbonyl (C=O) groups excluding carboxylic acids is 1. The standard InChI is InChI=1S/C13H24N2O/c1-3-5-7-9-11-13(16)12(15-14)10-8-6-4-2/h3-11H2,1-2H3. The number of rotatable bonds is 10. The van der Waals surface area contributed by atoms with Crippen LogP contribution in [0.15, 0.2) is 0 Å². The minimum absolute atomic E-state index is 0.0229. The normalized spacial score (nSPS) is 9.88. The summed E-state index contributed by atoms with van der Waals surface area (Å²) in [5.41, 5.74) is 9.13. The van der Waals surface area contributed by atoms with Crippen LogP contribution in [0, 0.1) is 0 Å². The molecule has 0 aromatic carbocycles. The Morgan fingerprint density at radius 2 is 1.50 bits per heavy atom. The first-order valence-electron chi connectivity index (χ1n) is 6.50. The van der Waals surface area contributed by atoms with Crippen LogP contribution in [-0.4, -0.2) is 16.3 Å². The van der Waals surface area contributed by atoms with E-state index in [1.807, 2.05) is 0 Å². The molecular weight excluding hydrogens is 200 g/mol. The Morgan fingerprint density at radius 1 is 0.938 bits per heavy atom. The topological polar surface area (TPSA) is 53.5 Å². The fourth-order valence-electron chi connectivity index (χ4n) is 1.64. The molecule has 0 heterocycles. The van der Waals surface area contributed by atoms with E-state index in [9.17, 15) is 4.79 Å². The van der Waals surface area contributed by atoms with E-state index < -0.39 is 0 Å². The third-order valence-corrected chi connectivity index (χ3v) is 2.72. The molecule has 0 saturated heterocycles. The highest BCUT2D eigenvalue weighted by atomic mass is 16.1. The third kappa shape index (κ3) is 7.36. The maximum absolute atomic E-state index is 11.6. The Kier molecular flexibility index (Phi) is 9.94. The zero-order valence-electron chi connectivity index (χ0n) is 10.7. The van der Waals surface area contributed by atoms with Gasteiger partial charge in [-0.05, 0) is 12.8 Å². The van der Waals surface area contributed by atoms with Crippen molar-refractivity contribution in [1.82, 2.24) is 0 Å². The lowest BCUT2D eigenvalue weighted by atomic mass is 10.0. The zero-order chi connectivity index (χ0) is 12.2. The summed E-state index contributed by atoms with van der Waals surface area (Å²) in [6, 6.07) is 0. The maximum Gasteiger partial charge on any atom is 0.334 e. The van der Waals surface area contributed by atoms with Crippen molar-refractivity contribution in [1.29, 1.82) is 0 Å². The first kappa shape index (κ1) is 15.0. The zero-order valence-corrected chi connectivity index (χ0v) is 10.7. The summed E-state index contributed by atoms with van der Waals surface area (Å²) in [6.07, 6.45) is 8.65. The lowest BCUT2D eigenvalue weighted by molar-refractivity contribution is -0.117. The fourth-order valence-corrected chi connectivity index (χ4v) is 1.64. The van der Waals surface area contributed by atoms with Crippen LogP contribution in [-0.2, 0) is 4.79 Å². The number of ketones is 1. The van der Waals surface area contributed by atoms with Gasteiger partial charge in [0.25, 0.3) is 0 Å². The van der Waals surface area contributed by atoms with Gasteiger partial charge < -0.3 is 5.53 Å². The van der Waals surface area contributed by atoms with E-state index in [4.69, 9.17) is 5.53 Å². The average molecular weight is 224 g/mol. The monoisotopic (exact) mass is 224 g/mol. The van der Waals surface area contributed by atoms with Crippen LogP contribution < -0.4 is 0 Å². The molecule has 0 bridgehead atoms. The first-order valence-corrected chi connectivity index (χ1v) is 6.50. The van der Waals surface area contributed by atoms with Crippen LogP contribution in [0.5, 0.6) is 0 Å². The van der Waals surface area contributed by atoms with E-state index in [0.717, 1.165) is 32.1 Å². The van der Waals surface area contributed by atoms with Crippen LogP contribution in [0.3, 0.4) is 0 Å². The quantitative estimate of drug-likeness (QED) is 0.241. The smallest absolute Gasteiger partial charge is 0.334 e. The first-order chi connectivity index (χ1) is 7.76. The SMILES string of the molecule is CCCCCCC(=O)C(CCCCC)=[N+]=[N-]. The molecule has 0 fully saturated rings. The summed E-state index contributed by atoms with van der Waals surface area (Å²) in [6.45, 7) is 4.26. The van der Waals surface area contributed by atoms with Crippen LogP contribution in [0.25, 0.3) is 5.53 Å². The van der Waals surface area contributed by atoms with E-state index in [2.05, 4.69) is 18.6 Å². The van der Waals surface area contributed by atoms with Crippen molar-refractivity contribution < 1.29 is 9.58 Å². The molecule has 0 aromatic heterocycles. The molecule has 0 aromatic rings. The van der Waals surface area contributed by atoms with E-state index in [1.54, 1.807) is 0 Å². The minimum Gasteiger partial charge on any atom is -0.361 e. The number of carbonyl (C=O) groups is 1. The largest absolute Gasteiger partial charge is 0.361 e. The number of unbranched alkanes of at least 4 members (excludes halogenated alkanes) is 5. The van der Waals surface area contributed by atoms with Gasteiger partial charge in [0.1, 0.15) is 0 Å². The predicted octanol–water partition coefficient (Wildman–Crippen LogP) is 3.78. The lowest BCUT2D eigenvalue weighted by Gasteiger charge is -1.97. The summed E-state index contributed by atoms with van der Waals surface area (Å²) in [5.74, 6) is 0.0229. The minimum atomic E-state index is 0.0229. The second kappa shape index (κ2) is 10.6. The Labute approximate surface area is 98.9 Å². The maximum atomic E-state index is 11.6. The molecule has 3 nitrogen and oxygen atoms in total. The van der Waals surface area contributed by atoms with Crippen molar-refractivity contribution in [3.05, 3.63) is 5.53 Å². The van der Waals surface area contributed by atoms with Crippen LogP contribution in [0.4, 0.5) is 0 Å². The van der Waals surface area contributed by atoms with Crippen molar-refractivity contribution in [2.24, 2.45) is 0 Å². The van der Waals surface area contributed by atoms with Crippen molar-refractivity contribution in [3.8, 4) is 0 Å². The average Bonchev–Trinajstić information content (AvgIpc) is 2.30. The van der Waals surface area contributed by atoms with Crippen molar-refractivity contribution in [3.63, 3.8) is 0 Å². The lowest BCUT2D eigenvalue weighted by Crippen LogP contribution is -2.15. The summed E-state index contributed by atoms with van der Waals surface area (Å²) in [7, 11) is 0. The molecule has 0 spiro atoms. The molecule has 0 saturated carbocycles. The van der Waals surface area contributed by atoms with Gasteiger partial charge in [0.05, 0.1) is 6.42 Å². The number of Topliss-reactive ketones (excluding diaryl/α,β-unsaturated/α-hetero) is 1. The molecule has 0 rings (SSSR count). The molecule has 16 heavy (non-hydrogen) atoms. The molecule has 0 atom stereocenters. The number of hydrogen-bond acceptors (Lipinski definition) is 1. The van der Waals surface area contributed by atoms with Crippen molar-refractivity contribution in [2.45, 2.75) is 71.6 Å². The van der Waals surface area contributed by atoms with Gasteiger partial charge in [0.2, 0.25) is 5.78 Å². The molecule has 0 unspecified atom stereocenters. The van der Waals surface area contributed by atoms with Gasteiger partial charge in [-0.15, -0.1) is 0 Å². The van der Waals surface area contributed by atoms with Gasteiger partial charge in [0, 0.05) is 6.42 Å². The van der Waals surface area contributed by atoms with Crippen molar-refractivity contribution in [2.75, 3.05) is 0 Å². The summed E-state index contributed by atoms with van der Waals surface area (Å²) >= 11 is 0. The summed E-state index contributed by atoms with van der Waals surface area (Å²) in [4.78, 5) is 14.8. The molecule has 0 aliphatic rings. The van der Waals surface area contributed by atoms with Crippen LogP contribution in [0.2, 0.25) is 0 Å². The number of hydrogen-bond donors (Lipinski definition) is 0. The number of nitrogens with zero attached hydrogens (tertiary/aromatic N) is 2. The Hall–Kier alpha value is -0.950. The fraction of sp³-hybridized carbons (Fsp3) is 0.846. The molecule has 0 aliphatic carbocycles. The predicted molar refractivity (Wildman–Crippen MR) is 66.5 cm³/mol. The Balaban J connectivity index is 3.80. The van der Waals surface area contributed by atoms with Gasteiger partial charge in [0.15, 0.2) is 0 Å². The molecule has 0 N–H and O–H groups in total. The molecule has 0 aliphatic heterocycles. The van der Waals surface area contributed by atoms with E-state index in [-0.39, 0.29) is 5.78 Å². The van der Waals surface area contributed by atoms with Gasteiger partial charge in [-0.2, -0.15) is 4.79 Å². The van der Waals surface area contributed by atoms with Gasteiger partial charge in [-0.25, -0.2) is 0 Å². The molecule has 92 valence electrons. The molecule has 0 radical (unpaired) electrons. The summed E-state index contributed by atoms with van der Waals surface area (Å²) < 4.78 is 0. The highest BCUT2D eigenvalue weighted by molar-refractivity contribution is 6.37. The molecule has 0 amide bonds. The van der Waals surface area contributed by atoms with Crippen LogP contribution in [0.1, 0.15) is 71.6 Å². The van der Waals surface area contributed by atoms with E-state index >= 15 is 0 Å². The van der Waals surface area contributed by atoms with Gasteiger partial charge in [-0.1, -0.05) is 46.0 Å². The Bertz CT molecular complexity index is 242. The summed E-state index contributed by atoms with van der Waals surface area (Å²) in [5, 5.41) is 0. The molecular formula is C13H24N2O. The van der Waals surface area contributed by atoms with Crippen LogP contribution >= 0.6 is 0 Å². The van der Waals surface area contributed by atoms with Gasteiger partial charge in [-0.3, -0.25) is 4.79 Å². The highest BCUT2D eigenvalue weighted by Gasteiger charge is 2.18. The van der Waals surface area contributed by atoms with Gasteiger partial charge >= 0.3 is 5.71 Å².